The number of carbonyl (C=O) groups excluding carboxylic acids is 3. The molecule has 1 atom stereocenters. The summed E-state index contributed by atoms with van der Waals surface area (Å²) in [7, 11) is 0. The van der Waals surface area contributed by atoms with E-state index in [1.165, 1.54) is 6.26 Å². The van der Waals surface area contributed by atoms with E-state index in [2.05, 4.69) is 5.32 Å². The first-order chi connectivity index (χ1) is 16.5. The number of carbonyl (C=O) groups is 3. The maximum Gasteiger partial charge on any atom is 0.289 e. The SMILES string of the molecule is CC(Oc1ccccc1C(=O)NCc1ccccc1)C(=O)N1CCN(C(=O)c2ccco2)CC1. The van der Waals surface area contributed by atoms with Crippen LogP contribution in [0.25, 0.3) is 0 Å². The second kappa shape index (κ2) is 10.7. The maximum absolute atomic E-state index is 13.0. The molecule has 8 heteroatoms. The van der Waals surface area contributed by atoms with Gasteiger partial charge in [-0.25, -0.2) is 0 Å². The van der Waals surface area contributed by atoms with Crippen molar-refractivity contribution >= 4 is 17.7 Å². The van der Waals surface area contributed by atoms with Crippen LogP contribution in [-0.4, -0.2) is 59.8 Å². The minimum atomic E-state index is -0.782. The van der Waals surface area contributed by atoms with Crippen LogP contribution in [0.5, 0.6) is 5.75 Å². The van der Waals surface area contributed by atoms with Crippen molar-refractivity contribution in [1.29, 1.82) is 0 Å². The molecule has 3 amide bonds. The molecule has 0 radical (unpaired) electrons. The van der Waals surface area contributed by atoms with Gasteiger partial charge in [0.15, 0.2) is 11.9 Å². The summed E-state index contributed by atoms with van der Waals surface area (Å²) in [5.74, 6) is -0.00948. The molecule has 0 bridgehead atoms. The first-order valence-electron chi connectivity index (χ1n) is 11.2. The third-order valence-corrected chi connectivity index (χ3v) is 5.69. The fraction of sp³-hybridized carbons (Fsp3) is 0.269. The number of furan rings is 1. The normalized spacial score (nSPS) is 14.4. The third-order valence-electron chi connectivity index (χ3n) is 5.69. The van der Waals surface area contributed by atoms with E-state index in [9.17, 15) is 14.4 Å². The average Bonchev–Trinajstić information content (AvgIpc) is 3.42. The Morgan fingerprint density at radius 3 is 2.29 bits per heavy atom. The molecule has 2 aromatic carbocycles. The molecule has 1 saturated heterocycles. The molecule has 34 heavy (non-hydrogen) atoms. The summed E-state index contributed by atoms with van der Waals surface area (Å²) in [5.41, 5.74) is 1.36. The van der Waals surface area contributed by atoms with Crippen LogP contribution in [0, 0.1) is 0 Å². The smallest absolute Gasteiger partial charge is 0.289 e. The summed E-state index contributed by atoms with van der Waals surface area (Å²) in [4.78, 5) is 41.5. The third kappa shape index (κ3) is 5.46. The van der Waals surface area contributed by atoms with Gasteiger partial charge in [-0.15, -0.1) is 0 Å². The van der Waals surface area contributed by atoms with Crippen LogP contribution in [-0.2, 0) is 11.3 Å². The maximum atomic E-state index is 13.0. The van der Waals surface area contributed by atoms with Crippen molar-refractivity contribution < 1.29 is 23.5 Å². The molecule has 0 saturated carbocycles. The molecular formula is C26H27N3O5. The Bertz CT molecular complexity index is 1120. The van der Waals surface area contributed by atoms with Gasteiger partial charge in [-0.05, 0) is 36.8 Å². The molecule has 0 aliphatic carbocycles. The summed E-state index contributed by atoms with van der Waals surface area (Å²) < 4.78 is 11.1. The number of ether oxygens (including phenoxy) is 1. The minimum absolute atomic E-state index is 0.183. The number of hydrogen-bond donors (Lipinski definition) is 1. The van der Waals surface area contributed by atoms with E-state index in [1.807, 2.05) is 30.3 Å². The largest absolute Gasteiger partial charge is 0.480 e. The number of piperazine rings is 1. The second-order valence-electron chi connectivity index (χ2n) is 8.02. The van der Waals surface area contributed by atoms with Crippen molar-refractivity contribution in [2.24, 2.45) is 0 Å². The highest BCUT2D eigenvalue weighted by Gasteiger charge is 2.29. The minimum Gasteiger partial charge on any atom is -0.480 e. The topological polar surface area (TPSA) is 92.1 Å². The number of nitrogens with zero attached hydrogens (tertiary/aromatic N) is 2. The Hall–Kier alpha value is -4.07. The molecule has 1 unspecified atom stereocenters. The van der Waals surface area contributed by atoms with Crippen molar-refractivity contribution in [2.45, 2.75) is 19.6 Å². The quantitative estimate of drug-likeness (QED) is 0.584. The van der Waals surface area contributed by atoms with Gasteiger partial charge in [0.25, 0.3) is 17.7 Å². The molecule has 2 heterocycles. The lowest BCUT2D eigenvalue weighted by molar-refractivity contribution is -0.139. The lowest BCUT2D eigenvalue weighted by Gasteiger charge is -2.35. The van der Waals surface area contributed by atoms with Crippen molar-refractivity contribution in [3.05, 3.63) is 89.9 Å². The Kier molecular flexibility index (Phi) is 7.27. The van der Waals surface area contributed by atoms with Gasteiger partial charge in [0.05, 0.1) is 11.8 Å². The van der Waals surface area contributed by atoms with Crippen LogP contribution in [0.4, 0.5) is 0 Å². The van der Waals surface area contributed by atoms with Gasteiger partial charge >= 0.3 is 0 Å². The molecule has 176 valence electrons. The molecular weight excluding hydrogens is 434 g/mol. The van der Waals surface area contributed by atoms with Crippen molar-refractivity contribution in [1.82, 2.24) is 15.1 Å². The number of rotatable bonds is 7. The summed E-state index contributed by atoms with van der Waals surface area (Å²) in [6, 6.07) is 19.8. The molecule has 4 rings (SSSR count). The molecule has 3 aromatic rings. The molecule has 1 N–H and O–H groups in total. The van der Waals surface area contributed by atoms with Crippen molar-refractivity contribution in [3.8, 4) is 5.75 Å². The Morgan fingerprint density at radius 1 is 0.912 bits per heavy atom. The van der Waals surface area contributed by atoms with E-state index < -0.39 is 6.10 Å². The first kappa shape index (κ1) is 23.1. The molecule has 1 fully saturated rings. The number of para-hydroxylation sites is 1. The first-order valence-corrected chi connectivity index (χ1v) is 11.2. The summed E-state index contributed by atoms with van der Waals surface area (Å²) in [6.45, 7) is 3.69. The molecule has 8 nitrogen and oxygen atoms in total. The highest BCUT2D eigenvalue weighted by molar-refractivity contribution is 5.97. The Balaban J connectivity index is 1.33. The van der Waals surface area contributed by atoms with E-state index >= 15 is 0 Å². The Labute approximate surface area is 198 Å². The van der Waals surface area contributed by atoms with Crippen LogP contribution >= 0.6 is 0 Å². The standard InChI is InChI=1S/C26H27N3O5/c1-19(25(31)28-13-15-29(16-14-28)26(32)23-12-7-17-33-23)34-22-11-6-5-10-21(22)24(30)27-18-20-8-3-2-4-9-20/h2-12,17,19H,13-16,18H2,1H3,(H,27,30). The van der Waals surface area contributed by atoms with E-state index in [1.54, 1.807) is 53.1 Å². The highest BCUT2D eigenvalue weighted by Crippen LogP contribution is 2.21. The van der Waals surface area contributed by atoms with E-state index in [4.69, 9.17) is 9.15 Å². The van der Waals surface area contributed by atoms with Gasteiger partial charge in [0.2, 0.25) is 0 Å². The zero-order valence-corrected chi connectivity index (χ0v) is 19.0. The number of hydrogen-bond acceptors (Lipinski definition) is 5. The molecule has 0 spiro atoms. The molecule has 1 aromatic heterocycles. The van der Waals surface area contributed by atoms with E-state index in [0.29, 0.717) is 49.8 Å². The van der Waals surface area contributed by atoms with Crippen LogP contribution < -0.4 is 10.1 Å². The Morgan fingerprint density at radius 2 is 1.59 bits per heavy atom. The van der Waals surface area contributed by atoms with Crippen LogP contribution in [0.3, 0.4) is 0 Å². The predicted octanol–water partition coefficient (Wildman–Crippen LogP) is 2.96. The zero-order chi connectivity index (χ0) is 23.9. The summed E-state index contributed by atoms with van der Waals surface area (Å²) in [6.07, 6.45) is 0.682. The average molecular weight is 462 g/mol. The lowest BCUT2D eigenvalue weighted by Crippen LogP contribution is -2.53. The van der Waals surface area contributed by atoms with Gasteiger partial charge in [-0.3, -0.25) is 14.4 Å². The van der Waals surface area contributed by atoms with E-state index in [0.717, 1.165) is 5.56 Å². The number of nitrogens with one attached hydrogen (secondary N) is 1. The zero-order valence-electron chi connectivity index (χ0n) is 19.0. The van der Waals surface area contributed by atoms with Gasteiger partial charge in [-0.2, -0.15) is 0 Å². The van der Waals surface area contributed by atoms with Crippen molar-refractivity contribution in [2.75, 3.05) is 26.2 Å². The second-order valence-corrected chi connectivity index (χ2v) is 8.02. The van der Waals surface area contributed by atoms with Gasteiger partial charge in [-0.1, -0.05) is 42.5 Å². The number of amides is 3. The monoisotopic (exact) mass is 461 g/mol. The predicted molar refractivity (Wildman–Crippen MR) is 125 cm³/mol. The summed E-state index contributed by atoms with van der Waals surface area (Å²) >= 11 is 0. The van der Waals surface area contributed by atoms with Gasteiger partial charge in [0, 0.05) is 32.7 Å². The highest BCUT2D eigenvalue weighted by atomic mass is 16.5. The van der Waals surface area contributed by atoms with Gasteiger partial charge < -0.3 is 24.3 Å². The molecule has 1 aliphatic rings. The van der Waals surface area contributed by atoms with E-state index in [-0.39, 0.29) is 17.7 Å². The fourth-order valence-electron chi connectivity index (χ4n) is 3.81. The van der Waals surface area contributed by atoms with Crippen molar-refractivity contribution in [3.63, 3.8) is 0 Å². The summed E-state index contributed by atoms with van der Waals surface area (Å²) in [5, 5.41) is 2.89. The fourth-order valence-corrected chi connectivity index (χ4v) is 3.81. The van der Waals surface area contributed by atoms with Crippen LogP contribution in [0.2, 0.25) is 0 Å². The van der Waals surface area contributed by atoms with Gasteiger partial charge in [0.1, 0.15) is 5.75 Å². The van der Waals surface area contributed by atoms with Crippen LogP contribution in [0.15, 0.2) is 77.4 Å². The lowest BCUT2D eigenvalue weighted by atomic mass is 10.1. The van der Waals surface area contributed by atoms with Crippen LogP contribution in [0.1, 0.15) is 33.4 Å². The molecule has 1 aliphatic heterocycles. The number of benzene rings is 2.